The monoisotopic (exact) mass is 509 g/mol. The van der Waals surface area contributed by atoms with Crippen molar-refractivity contribution in [2.75, 3.05) is 36.5 Å². The number of piperidine rings is 1. The van der Waals surface area contributed by atoms with Crippen LogP contribution in [0.15, 0.2) is 30.5 Å². The summed E-state index contributed by atoms with van der Waals surface area (Å²) < 4.78 is 11.1. The number of hydrogen-bond acceptors (Lipinski definition) is 7. The number of anilines is 2. The number of hydrogen-bond donors (Lipinski definition) is 1. The summed E-state index contributed by atoms with van der Waals surface area (Å²) in [6, 6.07) is 7.60. The highest BCUT2D eigenvalue weighted by Crippen LogP contribution is 2.28. The molecule has 2 aliphatic heterocycles. The average Bonchev–Trinajstić information content (AvgIpc) is 3.31. The summed E-state index contributed by atoms with van der Waals surface area (Å²) in [6.45, 7) is 12.2. The van der Waals surface area contributed by atoms with Crippen LogP contribution < -0.4 is 15.0 Å². The minimum atomic E-state index is -0.501. The van der Waals surface area contributed by atoms with Gasteiger partial charge in [-0.15, -0.1) is 0 Å². The van der Waals surface area contributed by atoms with Gasteiger partial charge in [0, 0.05) is 43.9 Å². The van der Waals surface area contributed by atoms with Crippen LogP contribution in [-0.2, 0) is 11.2 Å². The molecule has 1 aromatic carbocycles. The summed E-state index contributed by atoms with van der Waals surface area (Å²) in [5.41, 5.74) is 1.19. The molecule has 1 N–H and O–H groups in total. The Balaban J connectivity index is 1.46. The lowest BCUT2D eigenvalue weighted by Crippen LogP contribution is -2.42. The van der Waals surface area contributed by atoms with Gasteiger partial charge in [-0.2, -0.15) is 4.98 Å². The predicted octanol–water partition coefficient (Wildman–Crippen LogP) is 4.92. The van der Waals surface area contributed by atoms with E-state index < -0.39 is 5.60 Å². The third-order valence-electron chi connectivity index (χ3n) is 6.54. The molecule has 0 saturated carbocycles. The van der Waals surface area contributed by atoms with Gasteiger partial charge < -0.3 is 19.7 Å². The van der Waals surface area contributed by atoms with Gasteiger partial charge in [0.2, 0.25) is 5.95 Å². The van der Waals surface area contributed by atoms with Crippen molar-refractivity contribution in [3.8, 4) is 5.75 Å². The Bertz CT molecular complexity index is 1110. The smallest absolute Gasteiger partial charge is 0.410 e. The van der Waals surface area contributed by atoms with Crippen LogP contribution in [0, 0.1) is 5.92 Å². The van der Waals surface area contributed by atoms with Gasteiger partial charge in [0.1, 0.15) is 17.2 Å². The number of amides is 2. The molecule has 0 bridgehead atoms. The molecule has 1 fully saturated rings. The molecule has 0 radical (unpaired) electrons. The number of aromatic nitrogens is 2. The molecule has 2 amide bonds. The van der Waals surface area contributed by atoms with E-state index in [4.69, 9.17) is 9.47 Å². The maximum absolute atomic E-state index is 13.8. The molecule has 0 unspecified atom stereocenters. The van der Waals surface area contributed by atoms with Crippen LogP contribution in [0.1, 0.15) is 69.8 Å². The van der Waals surface area contributed by atoms with Gasteiger partial charge in [-0.25, -0.2) is 9.78 Å². The van der Waals surface area contributed by atoms with Crippen molar-refractivity contribution in [2.45, 2.75) is 71.9 Å². The van der Waals surface area contributed by atoms with E-state index in [2.05, 4.69) is 15.3 Å². The van der Waals surface area contributed by atoms with E-state index in [0.29, 0.717) is 49.5 Å². The van der Waals surface area contributed by atoms with Gasteiger partial charge >= 0.3 is 6.09 Å². The Labute approximate surface area is 219 Å². The van der Waals surface area contributed by atoms with Crippen molar-refractivity contribution in [3.63, 3.8) is 0 Å². The number of nitrogens with one attached hydrogen (secondary N) is 1. The summed E-state index contributed by atoms with van der Waals surface area (Å²) in [6.07, 6.45) is 4.81. The first-order chi connectivity index (χ1) is 17.6. The SMILES string of the molecule is CC(C)Nc1nccc(N(CCC2CCN(C(=O)OC(C)(C)C)CC2)C(=O)c2ccc3c(c2)CCO3)n1. The fourth-order valence-electron chi connectivity index (χ4n) is 4.67. The second kappa shape index (κ2) is 11.4. The number of fused-ring (bicyclic) bond motifs is 1. The van der Waals surface area contributed by atoms with Gasteiger partial charge in [-0.1, -0.05) is 0 Å². The summed E-state index contributed by atoms with van der Waals surface area (Å²) >= 11 is 0. The van der Waals surface area contributed by atoms with Crippen LogP contribution in [0.5, 0.6) is 5.75 Å². The highest BCUT2D eigenvalue weighted by atomic mass is 16.6. The van der Waals surface area contributed by atoms with Crippen LogP contribution in [0.25, 0.3) is 0 Å². The molecule has 1 aromatic heterocycles. The Morgan fingerprint density at radius 1 is 1.22 bits per heavy atom. The minimum Gasteiger partial charge on any atom is -0.493 e. The molecule has 2 aromatic rings. The highest BCUT2D eigenvalue weighted by molar-refractivity contribution is 6.05. The zero-order chi connectivity index (χ0) is 26.6. The number of benzene rings is 1. The number of likely N-dealkylation sites (tertiary alicyclic amines) is 1. The molecule has 3 heterocycles. The first-order valence-corrected chi connectivity index (χ1v) is 13.2. The van der Waals surface area contributed by atoms with Crippen LogP contribution in [0.4, 0.5) is 16.6 Å². The number of carbonyl (C=O) groups is 2. The molecule has 9 heteroatoms. The second-order valence-corrected chi connectivity index (χ2v) is 11.1. The third kappa shape index (κ3) is 7.11. The molecule has 37 heavy (non-hydrogen) atoms. The second-order valence-electron chi connectivity index (χ2n) is 11.1. The number of rotatable bonds is 7. The summed E-state index contributed by atoms with van der Waals surface area (Å²) in [4.78, 5) is 38.7. The maximum atomic E-state index is 13.8. The molecular formula is C28H39N5O4. The number of carbonyl (C=O) groups excluding carboxylic acids is 2. The molecule has 0 atom stereocenters. The standard InChI is InChI=1S/C28H39N5O4/c1-19(2)30-26-29-13-8-24(31-26)33(25(34)22-6-7-23-21(18-22)12-17-36-23)16-11-20-9-14-32(15-10-20)27(35)37-28(3,4)5/h6-8,13,18-20H,9-12,14-17H2,1-5H3,(H,29,30,31). The normalized spacial score (nSPS) is 15.8. The van der Waals surface area contributed by atoms with E-state index in [1.807, 2.05) is 52.8 Å². The van der Waals surface area contributed by atoms with Crippen LogP contribution in [-0.4, -0.2) is 64.8 Å². The highest BCUT2D eigenvalue weighted by Gasteiger charge is 2.28. The van der Waals surface area contributed by atoms with E-state index in [-0.39, 0.29) is 18.0 Å². The van der Waals surface area contributed by atoms with Crippen LogP contribution >= 0.6 is 0 Å². The number of ether oxygens (including phenoxy) is 2. The van der Waals surface area contributed by atoms with Gasteiger partial charge in [0.25, 0.3) is 5.91 Å². The molecule has 0 aliphatic carbocycles. The van der Waals surface area contributed by atoms with Crippen molar-refractivity contribution >= 4 is 23.8 Å². The fourth-order valence-corrected chi connectivity index (χ4v) is 4.67. The van der Waals surface area contributed by atoms with E-state index in [0.717, 1.165) is 37.0 Å². The Hall–Kier alpha value is -3.36. The first kappa shape index (κ1) is 26.7. The first-order valence-electron chi connectivity index (χ1n) is 13.2. The van der Waals surface area contributed by atoms with E-state index in [1.54, 1.807) is 22.1 Å². The lowest BCUT2D eigenvalue weighted by molar-refractivity contribution is 0.0182. The topological polar surface area (TPSA) is 96.9 Å². The van der Waals surface area contributed by atoms with E-state index in [1.165, 1.54) is 0 Å². The lowest BCUT2D eigenvalue weighted by Gasteiger charge is -2.34. The fraction of sp³-hybridized carbons (Fsp3) is 0.571. The van der Waals surface area contributed by atoms with Gasteiger partial charge in [0.05, 0.1) is 6.61 Å². The van der Waals surface area contributed by atoms with Crippen LogP contribution in [0.2, 0.25) is 0 Å². The summed E-state index contributed by atoms with van der Waals surface area (Å²) in [5, 5.41) is 3.22. The van der Waals surface area contributed by atoms with Gasteiger partial charge in [0.15, 0.2) is 0 Å². The lowest BCUT2D eigenvalue weighted by atomic mass is 9.93. The van der Waals surface area contributed by atoms with Crippen molar-refractivity contribution < 1.29 is 19.1 Å². The zero-order valence-electron chi connectivity index (χ0n) is 22.6. The van der Waals surface area contributed by atoms with E-state index >= 15 is 0 Å². The molecule has 4 rings (SSSR count). The predicted molar refractivity (Wildman–Crippen MR) is 143 cm³/mol. The van der Waals surface area contributed by atoms with Crippen molar-refractivity contribution in [3.05, 3.63) is 41.6 Å². The molecule has 0 spiro atoms. The average molecular weight is 510 g/mol. The van der Waals surface area contributed by atoms with Gasteiger partial charge in [-0.05, 0) is 89.6 Å². The van der Waals surface area contributed by atoms with Crippen molar-refractivity contribution in [2.24, 2.45) is 5.92 Å². The largest absolute Gasteiger partial charge is 0.493 e. The van der Waals surface area contributed by atoms with E-state index in [9.17, 15) is 9.59 Å². The summed E-state index contributed by atoms with van der Waals surface area (Å²) in [7, 11) is 0. The number of nitrogens with zero attached hydrogens (tertiary/aromatic N) is 4. The Morgan fingerprint density at radius 2 is 1.97 bits per heavy atom. The Kier molecular flexibility index (Phi) is 8.19. The minimum absolute atomic E-state index is 0.0879. The van der Waals surface area contributed by atoms with Crippen molar-refractivity contribution in [1.29, 1.82) is 0 Å². The molecule has 200 valence electrons. The van der Waals surface area contributed by atoms with Gasteiger partial charge in [-0.3, -0.25) is 9.69 Å². The summed E-state index contributed by atoms with van der Waals surface area (Å²) in [5.74, 6) is 2.24. The molecule has 9 nitrogen and oxygen atoms in total. The molecule has 2 aliphatic rings. The molecular weight excluding hydrogens is 470 g/mol. The van der Waals surface area contributed by atoms with Crippen LogP contribution in [0.3, 0.4) is 0 Å². The zero-order valence-corrected chi connectivity index (χ0v) is 22.6. The maximum Gasteiger partial charge on any atom is 0.410 e. The third-order valence-corrected chi connectivity index (χ3v) is 6.54. The van der Waals surface area contributed by atoms with Crippen molar-refractivity contribution in [1.82, 2.24) is 14.9 Å². The Morgan fingerprint density at radius 3 is 2.68 bits per heavy atom. The quantitative estimate of drug-likeness (QED) is 0.566. The molecule has 1 saturated heterocycles.